The summed E-state index contributed by atoms with van der Waals surface area (Å²) in [6.45, 7) is 4.97. The van der Waals surface area contributed by atoms with Gasteiger partial charge >= 0.3 is 0 Å². The topological polar surface area (TPSA) is 41.5 Å². The third-order valence-electron chi connectivity index (χ3n) is 3.24. The number of hydrogen-bond acceptors (Lipinski definition) is 3. The van der Waals surface area contributed by atoms with E-state index in [4.69, 9.17) is 4.74 Å². The lowest BCUT2D eigenvalue weighted by Crippen LogP contribution is -2.21. The van der Waals surface area contributed by atoms with Crippen LogP contribution in [0.3, 0.4) is 0 Å². The van der Waals surface area contributed by atoms with Crippen LogP contribution in [-0.4, -0.2) is 17.8 Å². The van der Waals surface area contributed by atoms with Crippen LogP contribution in [0.2, 0.25) is 0 Å². The summed E-state index contributed by atoms with van der Waals surface area (Å²) in [5.74, 6) is 0.546. The van der Waals surface area contributed by atoms with E-state index in [0.717, 1.165) is 11.3 Å². The van der Waals surface area contributed by atoms with Crippen molar-refractivity contribution in [2.75, 3.05) is 6.54 Å². The maximum Gasteiger partial charge on any atom is 0.124 e. The molecule has 2 rings (SSSR count). The smallest absolute Gasteiger partial charge is 0.124 e. The fourth-order valence-electron chi connectivity index (χ4n) is 2.17. The first-order valence-electron chi connectivity index (χ1n) is 7.45. The summed E-state index contributed by atoms with van der Waals surface area (Å²) in [6, 6.07) is 13.7. The second-order valence-corrected chi connectivity index (χ2v) is 5.47. The molecule has 0 spiro atoms. The summed E-state index contributed by atoms with van der Waals surface area (Å²) in [7, 11) is 0. The quantitative estimate of drug-likeness (QED) is 0.823. The summed E-state index contributed by atoms with van der Waals surface area (Å²) < 4.78 is 18.6. The molecule has 22 heavy (non-hydrogen) atoms. The van der Waals surface area contributed by atoms with Crippen LogP contribution >= 0.6 is 0 Å². The molecule has 1 unspecified atom stereocenters. The molecule has 118 valence electrons. The molecule has 0 aliphatic carbocycles. The SMILES string of the molecule is CC(C)Oc1ccccc1CNCC(O)c1ccc(F)cc1. The predicted molar refractivity (Wildman–Crippen MR) is 85.3 cm³/mol. The van der Waals surface area contributed by atoms with Crippen molar-refractivity contribution in [1.82, 2.24) is 5.32 Å². The molecule has 0 aromatic heterocycles. The first kappa shape index (κ1) is 16.5. The largest absolute Gasteiger partial charge is 0.491 e. The molecule has 1 atom stereocenters. The molecule has 0 bridgehead atoms. The van der Waals surface area contributed by atoms with Crippen molar-refractivity contribution in [1.29, 1.82) is 0 Å². The average molecular weight is 303 g/mol. The first-order valence-corrected chi connectivity index (χ1v) is 7.45. The van der Waals surface area contributed by atoms with Gasteiger partial charge in [0.1, 0.15) is 11.6 Å². The molecule has 2 aromatic rings. The average Bonchev–Trinajstić information content (AvgIpc) is 2.49. The number of aliphatic hydroxyl groups excluding tert-OH is 1. The summed E-state index contributed by atoms with van der Waals surface area (Å²) in [6.07, 6.45) is -0.551. The van der Waals surface area contributed by atoms with E-state index < -0.39 is 6.10 Å². The Kier molecular flexibility index (Phi) is 5.92. The molecule has 0 heterocycles. The van der Waals surface area contributed by atoms with Crippen molar-refractivity contribution in [3.05, 3.63) is 65.5 Å². The van der Waals surface area contributed by atoms with Crippen LogP contribution in [0.1, 0.15) is 31.1 Å². The van der Waals surface area contributed by atoms with E-state index in [9.17, 15) is 9.50 Å². The van der Waals surface area contributed by atoms with Gasteiger partial charge in [-0.15, -0.1) is 0 Å². The van der Waals surface area contributed by atoms with E-state index in [1.807, 2.05) is 38.1 Å². The highest BCUT2D eigenvalue weighted by Gasteiger charge is 2.09. The monoisotopic (exact) mass is 303 g/mol. The van der Waals surface area contributed by atoms with Crippen molar-refractivity contribution in [2.45, 2.75) is 32.6 Å². The van der Waals surface area contributed by atoms with Gasteiger partial charge < -0.3 is 15.2 Å². The Morgan fingerprint density at radius 3 is 2.45 bits per heavy atom. The Morgan fingerprint density at radius 2 is 1.77 bits per heavy atom. The lowest BCUT2D eigenvalue weighted by atomic mass is 10.1. The van der Waals surface area contributed by atoms with Gasteiger partial charge in [0.2, 0.25) is 0 Å². The second kappa shape index (κ2) is 7.92. The molecule has 0 saturated carbocycles. The van der Waals surface area contributed by atoms with Crippen molar-refractivity contribution in [3.8, 4) is 5.75 Å². The standard InChI is InChI=1S/C18H22FNO2/c1-13(2)22-18-6-4-3-5-15(18)11-20-12-17(21)14-7-9-16(19)10-8-14/h3-10,13,17,20-21H,11-12H2,1-2H3. The highest BCUT2D eigenvalue weighted by Crippen LogP contribution is 2.19. The van der Waals surface area contributed by atoms with Crippen molar-refractivity contribution in [2.24, 2.45) is 0 Å². The normalized spacial score (nSPS) is 12.4. The van der Waals surface area contributed by atoms with Crippen molar-refractivity contribution >= 4 is 0 Å². The minimum Gasteiger partial charge on any atom is -0.491 e. The van der Waals surface area contributed by atoms with Crippen molar-refractivity contribution in [3.63, 3.8) is 0 Å². The van der Waals surface area contributed by atoms with E-state index in [-0.39, 0.29) is 11.9 Å². The summed E-state index contributed by atoms with van der Waals surface area (Å²) in [5.41, 5.74) is 1.74. The van der Waals surface area contributed by atoms with E-state index in [1.54, 1.807) is 12.1 Å². The van der Waals surface area contributed by atoms with Gasteiger partial charge in [0.05, 0.1) is 12.2 Å². The number of benzene rings is 2. The zero-order valence-corrected chi connectivity index (χ0v) is 12.9. The van der Waals surface area contributed by atoms with Gasteiger partial charge in [-0.3, -0.25) is 0 Å². The van der Waals surface area contributed by atoms with Gasteiger partial charge in [0.25, 0.3) is 0 Å². The van der Waals surface area contributed by atoms with Crippen LogP contribution in [0, 0.1) is 5.82 Å². The second-order valence-electron chi connectivity index (χ2n) is 5.47. The summed E-state index contributed by atoms with van der Waals surface area (Å²) >= 11 is 0. The molecule has 0 amide bonds. The lowest BCUT2D eigenvalue weighted by Gasteiger charge is -2.16. The molecular formula is C18H22FNO2. The Morgan fingerprint density at radius 1 is 1.09 bits per heavy atom. The number of aliphatic hydroxyl groups is 1. The molecule has 2 aromatic carbocycles. The minimum atomic E-state index is -0.668. The number of halogens is 1. The first-order chi connectivity index (χ1) is 10.6. The third kappa shape index (κ3) is 4.83. The van der Waals surface area contributed by atoms with E-state index in [1.165, 1.54) is 12.1 Å². The Balaban J connectivity index is 1.89. The van der Waals surface area contributed by atoms with Gasteiger partial charge in [0, 0.05) is 18.7 Å². The van der Waals surface area contributed by atoms with Crippen LogP contribution in [0.4, 0.5) is 4.39 Å². The maximum atomic E-state index is 12.9. The Bertz CT molecular complexity index is 584. The fraction of sp³-hybridized carbons (Fsp3) is 0.333. The van der Waals surface area contributed by atoms with Crippen LogP contribution in [0.15, 0.2) is 48.5 Å². The van der Waals surface area contributed by atoms with E-state index in [0.29, 0.717) is 18.7 Å². The maximum absolute atomic E-state index is 12.9. The fourth-order valence-corrected chi connectivity index (χ4v) is 2.17. The molecule has 2 N–H and O–H groups in total. The molecule has 0 fully saturated rings. The van der Waals surface area contributed by atoms with Gasteiger partial charge in [-0.1, -0.05) is 30.3 Å². The molecule has 3 nitrogen and oxygen atoms in total. The number of hydrogen-bond donors (Lipinski definition) is 2. The highest BCUT2D eigenvalue weighted by atomic mass is 19.1. The van der Waals surface area contributed by atoms with E-state index in [2.05, 4.69) is 5.32 Å². The van der Waals surface area contributed by atoms with Crippen LogP contribution in [-0.2, 0) is 6.54 Å². The van der Waals surface area contributed by atoms with Crippen molar-refractivity contribution < 1.29 is 14.2 Å². The summed E-state index contributed by atoms with van der Waals surface area (Å²) in [4.78, 5) is 0. The van der Waals surface area contributed by atoms with Crippen LogP contribution in [0.25, 0.3) is 0 Å². The van der Waals surface area contributed by atoms with Gasteiger partial charge in [0.15, 0.2) is 0 Å². The van der Waals surface area contributed by atoms with Gasteiger partial charge in [-0.2, -0.15) is 0 Å². The zero-order valence-electron chi connectivity index (χ0n) is 12.9. The third-order valence-corrected chi connectivity index (χ3v) is 3.24. The molecule has 0 aliphatic rings. The molecule has 0 saturated heterocycles. The van der Waals surface area contributed by atoms with Gasteiger partial charge in [-0.05, 0) is 37.6 Å². The van der Waals surface area contributed by atoms with Gasteiger partial charge in [-0.25, -0.2) is 4.39 Å². The zero-order chi connectivity index (χ0) is 15.9. The Labute approximate surface area is 130 Å². The number of nitrogens with one attached hydrogen (secondary N) is 1. The van der Waals surface area contributed by atoms with Crippen LogP contribution < -0.4 is 10.1 Å². The minimum absolute atomic E-state index is 0.117. The number of rotatable bonds is 7. The lowest BCUT2D eigenvalue weighted by molar-refractivity contribution is 0.174. The molecule has 0 aliphatic heterocycles. The molecule has 4 heteroatoms. The van der Waals surface area contributed by atoms with Crippen LogP contribution in [0.5, 0.6) is 5.75 Å². The highest BCUT2D eigenvalue weighted by molar-refractivity contribution is 5.33. The Hall–Kier alpha value is -1.91. The van der Waals surface area contributed by atoms with E-state index >= 15 is 0 Å². The number of ether oxygens (including phenoxy) is 1. The molecular weight excluding hydrogens is 281 g/mol. The molecule has 0 radical (unpaired) electrons. The summed E-state index contributed by atoms with van der Waals surface area (Å²) in [5, 5.41) is 13.3. The predicted octanol–water partition coefficient (Wildman–Crippen LogP) is 3.44. The number of para-hydroxylation sites is 1.